The number of nitrogens with two attached hydrogens (primary N) is 1. The minimum atomic E-state index is -0.250. The average molecular weight is 196 g/mol. The Bertz CT molecular complexity index is 223. The molecule has 0 aliphatic heterocycles. The minimum absolute atomic E-state index is 0.250. The zero-order valence-electron chi connectivity index (χ0n) is 9.23. The number of nitrogens with zero attached hydrogens (tertiary/aromatic N) is 1. The Morgan fingerprint density at radius 1 is 1.14 bits per heavy atom. The molecule has 0 spiro atoms. The van der Waals surface area contributed by atoms with E-state index >= 15 is 0 Å². The summed E-state index contributed by atoms with van der Waals surface area (Å²) in [5.74, 6) is 0. The van der Waals surface area contributed by atoms with E-state index in [0.29, 0.717) is 0 Å². The van der Waals surface area contributed by atoms with Gasteiger partial charge >= 0.3 is 0 Å². The second kappa shape index (κ2) is 6.54. The van der Waals surface area contributed by atoms with Crippen molar-refractivity contribution in [1.82, 2.24) is 0 Å². The molecule has 0 saturated heterocycles. The first-order chi connectivity index (χ1) is 6.43. The Labute approximate surface area is 86.3 Å². The Morgan fingerprint density at radius 2 is 1.57 bits per heavy atom. The van der Waals surface area contributed by atoms with E-state index in [2.05, 4.69) is 12.1 Å². The fraction of sp³-hybridized carbons (Fsp3) is 0.455. The van der Waals surface area contributed by atoms with E-state index < -0.39 is 0 Å². The maximum atomic E-state index is 10.0. The normalized spacial score (nSPS) is 10.4. The van der Waals surface area contributed by atoms with Crippen LogP contribution in [0.5, 0.6) is 0 Å². The van der Waals surface area contributed by atoms with Crippen molar-refractivity contribution in [1.29, 1.82) is 0 Å². The predicted octanol–water partition coefficient (Wildman–Crippen LogP) is 1.38. The molecule has 0 heterocycles. The van der Waals surface area contributed by atoms with Crippen molar-refractivity contribution in [2.45, 2.75) is 6.42 Å². The summed E-state index contributed by atoms with van der Waals surface area (Å²) in [6.07, 6.45) is 0.987. The number of hydrogen-bond acceptors (Lipinski definition) is 2. The lowest BCUT2D eigenvalue weighted by molar-refractivity contribution is -0.818. The van der Waals surface area contributed by atoms with Gasteiger partial charge in [-0.05, 0) is 18.5 Å². The molecule has 0 aromatic heterocycles. The number of rotatable bonds is 2. The highest BCUT2D eigenvalue weighted by Gasteiger charge is 1.84. The van der Waals surface area contributed by atoms with Gasteiger partial charge < -0.3 is 15.6 Å². The lowest BCUT2D eigenvalue weighted by atomic mass is 10.2. The van der Waals surface area contributed by atoms with Gasteiger partial charge in [0.1, 0.15) is 0 Å². The third kappa shape index (κ3) is 11.1. The largest absolute Gasteiger partial charge is 0.633 e. The van der Waals surface area contributed by atoms with E-state index in [0.717, 1.165) is 13.0 Å². The molecule has 0 radical (unpaired) electrons. The zero-order valence-corrected chi connectivity index (χ0v) is 9.23. The van der Waals surface area contributed by atoms with Gasteiger partial charge in [-0.2, -0.15) is 0 Å². The van der Waals surface area contributed by atoms with Gasteiger partial charge in [-0.25, -0.2) is 0 Å². The zero-order chi connectivity index (χ0) is 11.0. The molecule has 0 aliphatic rings. The second-order valence-corrected chi connectivity index (χ2v) is 3.91. The van der Waals surface area contributed by atoms with Crippen LogP contribution in [0.1, 0.15) is 5.56 Å². The molecule has 2 N–H and O–H groups in total. The molecule has 1 rings (SSSR count). The van der Waals surface area contributed by atoms with Crippen molar-refractivity contribution in [3.05, 3.63) is 41.1 Å². The van der Waals surface area contributed by atoms with Crippen LogP contribution in [0.4, 0.5) is 0 Å². The summed E-state index contributed by atoms with van der Waals surface area (Å²) in [6.45, 7) is 0.740. The SMILES string of the molecule is C[N+](C)(C)[O-].NCCc1ccccc1. The first kappa shape index (κ1) is 13.1. The maximum absolute atomic E-state index is 10.0. The van der Waals surface area contributed by atoms with E-state index in [4.69, 9.17) is 5.73 Å². The van der Waals surface area contributed by atoms with Crippen molar-refractivity contribution in [3.8, 4) is 0 Å². The van der Waals surface area contributed by atoms with Gasteiger partial charge in [-0.15, -0.1) is 0 Å². The molecule has 0 amide bonds. The van der Waals surface area contributed by atoms with Crippen LogP contribution >= 0.6 is 0 Å². The topological polar surface area (TPSA) is 49.1 Å². The van der Waals surface area contributed by atoms with E-state index in [1.54, 1.807) is 21.1 Å². The fourth-order valence-electron chi connectivity index (χ4n) is 0.811. The van der Waals surface area contributed by atoms with Crippen LogP contribution < -0.4 is 5.73 Å². The molecule has 0 bridgehead atoms. The highest BCUT2D eigenvalue weighted by molar-refractivity contribution is 5.14. The van der Waals surface area contributed by atoms with E-state index in [-0.39, 0.29) is 4.65 Å². The van der Waals surface area contributed by atoms with Crippen LogP contribution in [0, 0.1) is 5.21 Å². The third-order valence-corrected chi connectivity index (χ3v) is 1.28. The van der Waals surface area contributed by atoms with Crippen molar-refractivity contribution in [2.75, 3.05) is 27.7 Å². The summed E-state index contributed by atoms with van der Waals surface area (Å²) in [6, 6.07) is 10.3. The summed E-state index contributed by atoms with van der Waals surface area (Å²) in [7, 11) is 4.71. The van der Waals surface area contributed by atoms with Crippen LogP contribution in [-0.2, 0) is 6.42 Å². The van der Waals surface area contributed by atoms with Crippen molar-refractivity contribution < 1.29 is 4.65 Å². The molecule has 1 aromatic rings. The summed E-state index contributed by atoms with van der Waals surface area (Å²) in [4.78, 5) is 0. The molecule has 3 heteroatoms. The molecule has 0 aliphatic carbocycles. The van der Waals surface area contributed by atoms with E-state index in [1.807, 2.05) is 18.2 Å². The molecule has 0 saturated carbocycles. The lowest BCUT2D eigenvalue weighted by Gasteiger charge is -2.27. The van der Waals surface area contributed by atoms with Crippen LogP contribution in [0.2, 0.25) is 0 Å². The van der Waals surface area contributed by atoms with Gasteiger partial charge in [-0.1, -0.05) is 30.3 Å². The first-order valence-corrected chi connectivity index (χ1v) is 4.70. The van der Waals surface area contributed by atoms with E-state index in [9.17, 15) is 5.21 Å². The predicted molar refractivity (Wildman–Crippen MR) is 60.6 cm³/mol. The highest BCUT2D eigenvalue weighted by atomic mass is 16.5. The van der Waals surface area contributed by atoms with Crippen LogP contribution in [0.3, 0.4) is 0 Å². The molecular weight excluding hydrogens is 176 g/mol. The van der Waals surface area contributed by atoms with Gasteiger partial charge in [-0.3, -0.25) is 0 Å². The molecule has 80 valence electrons. The summed E-state index contributed by atoms with van der Waals surface area (Å²) in [5, 5.41) is 10.0. The van der Waals surface area contributed by atoms with Crippen molar-refractivity contribution in [2.24, 2.45) is 5.73 Å². The van der Waals surface area contributed by atoms with Crippen LogP contribution in [-0.4, -0.2) is 32.3 Å². The summed E-state index contributed by atoms with van der Waals surface area (Å²) >= 11 is 0. The fourth-order valence-corrected chi connectivity index (χ4v) is 0.811. The van der Waals surface area contributed by atoms with Gasteiger partial charge in [0.25, 0.3) is 0 Å². The monoisotopic (exact) mass is 196 g/mol. The number of hydroxylamine groups is 3. The van der Waals surface area contributed by atoms with Gasteiger partial charge in [0.05, 0.1) is 21.1 Å². The van der Waals surface area contributed by atoms with Crippen molar-refractivity contribution >= 4 is 0 Å². The van der Waals surface area contributed by atoms with E-state index in [1.165, 1.54) is 5.56 Å². The number of quaternary nitrogens is 1. The summed E-state index contributed by atoms with van der Waals surface area (Å²) in [5.41, 5.74) is 6.68. The first-order valence-electron chi connectivity index (χ1n) is 4.70. The summed E-state index contributed by atoms with van der Waals surface area (Å²) < 4.78 is -0.250. The number of benzene rings is 1. The van der Waals surface area contributed by atoms with Gasteiger partial charge in [0, 0.05) is 0 Å². The van der Waals surface area contributed by atoms with Gasteiger partial charge in [0.15, 0.2) is 0 Å². The smallest absolute Gasteiger partial charge is 0.0674 e. The number of hydrogen-bond donors (Lipinski definition) is 1. The lowest BCUT2D eigenvalue weighted by Crippen LogP contribution is -2.25. The Hall–Kier alpha value is -0.900. The standard InChI is InChI=1S/C8H11N.C3H9NO/c9-7-6-8-4-2-1-3-5-8;1-4(2,3)5/h1-5H,6-7,9H2;1-3H3. The van der Waals surface area contributed by atoms with Crippen LogP contribution in [0.15, 0.2) is 30.3 Å². The van der Waals surface area contributed by atoms with Crippen LogP contribution in [0.25, 0.3) is 0 Å². The molecule has 0 fully saturated rings. The Kier molecular flexibility index (Phi) is 6.12. The second-order valence-electron chi connectivity index (χ2n) is 3.91. The molecule has 1 aromatic carbocycles. The molecule has 14 heavy (non-hydrogen) atoms. The molecular formula is C11H20N2O. The Morgan fingerprint density at radius 3 is 1.93 bits per heavy atom. The average Bonchev–Trinajstić information content (AvgIpc) is 2.03. The quantitative estimate of drug-likeness (QED) is 0.574. The maximum Gasteiger partial charge on any atom is 0.0674 e. The molecule has 0 unspecified atom stereocenters. The Balaban J connectivity index is 0.000000292. The third-order valence-electron chi connectivity index (χ3n) is 1.28. The molecule has 0 atom stereocenters. The van der Waals surface area contributed by atoms with Crippen molar-refractivity contribution in [3.63, 3.8) is 0 Å². The van der Waals surface area contributed by atoms with Gasteiger partial charge in [0.2, 0.25) is 0 Å². The minimum Gasteiger partial charge on any atom is -0.633 e. The molecule has 3 nitrogen and oxygen atoms in total. The highest BCUT2D eigenvalue weighted by Crippen LogP contribution is 1.96.